The van der Waals surface area contributed by atoms with Gasteiger partial charge in [0.1, 0.15) is 11.7 Å². The predicted octanol–water partition coefficient (Wildman–Crippen LogP) is 4.15. The predicted molar refractivity (Wildman–Crippen MR) is 109 cm³/mol. The highest BCUT2D eigenvalue weighted by molar-refractivity contribution is 6.27. The van der Waals surface area contributed by atoms with E-state index >= 15 is 4.39 Å². The van der Waals surface area contributed by atoms with Gasteiger partial charge in [-0.2, -0.15) is 5.10 Å². The minimum atomic E-state index is -0.268. The molecule has 0 spiro atoms. The van der Waals surface area contributed by atoms with E-state index in [0.717, 1.165) is 23.9 Å². The normalized spacial score (nSPS) is 16.2. The van der Waals surface area contributed by atoms with Gasteiger partial charge in [-0.15, -0.1) is 11.6 Å². The Morgan fingerprint density at radius 3 is 2.89 bits per heavy atom. The van der Waals surface area contributed by atoms with Crippen LogP contribution in [0.15, 0.2) is 36.4 Å². The van der Waals surface area contributed by atoms with E-state index in [9.17, 15) is 4.79 Å². The van der Waals surface area contributed by atoms with Gasteiger partial charge in [0.2, 0.25) is 5.91 Å². The van der Waals surface area contributed by atoms with Crippen molar-refractivity contribution in [2.75, 3.05) is 5.88 Å². The van der Waals surface area contributed by atoms with E-state index in [1.54, 1.807) is 17.0 Å². The van der Waals surface area contributed by atoms with E-state index in [4.69, 9.17) is 11.6 Å². The molecule has 28 heavy (non-hydrogen) atoms. The molecule has 1 amide bonds. The summed E-state index contributed by atoms with van der Waals surface area (Å²) in [6.45, 7) is 2.28. The van der Waals surface area contributed by atoms with Crippen molar-refractivity contribution in [2.24, 2.45) is 7.05 Å². The molecular formula is C22H23ClFN3O. The van der Waals surface area contributed by atoms with Gasteiger partial charge in [-0.1, -0.05) is 36.4 Å². The van der Waals surface area contributed by atoms with Crippen LogP contribution in [0.1, 0.15) is 28.9 Å². The van der Waals surface area contributed by atoms with Crippen molar-refractivity contribution < 1.29 is 9.18 Å². The standard InChI is InChI=1S/C22H23ClFN3O/c1-14-18-10-9-17(11-20(18)25-26(14)2)27(21(28)12-23)13-16-8-7-15-5-3-4-6-19(15)22(16)24/h3-8,17H,9-13H2,1-2H3. The number of hydrogen-bond donors (Lipinski definition) is 0. The first-order valence-corrected chi connectivity index (χ1v) is 10.1. The number of fused-ring (bicyclic) bond motifs is 2. The third-order valence-corrected chi connectivity index (χ3v) is 6.09. The number of benzene rings is 2. The Balaban J connectivity index is 1.64. The fourth-order valence-electron chi connectivity index (χ4n) is 4.19. The van der Waals surface area contributed by atoms with E-state index in [1.165, 1.54) is 11.3 Å². The van der Waals surface area contributed by atoms with Gasteiger partial charge < -0.3 is 4.90 Å². The van der Waals surface area contributed by atoms with Gasteiger partial charge in [-0.05, 0) is 30.7 Å². The molecule has 1 aromatic heterocycles. The highest BCUT2D eigenvalue weighted by atomic mass is 35.5. The van der Waals surface area contributed by atoms with Crippen LogP contribution in [0.3, 0.4) is 0 Å². The van der Waals surface area contributed by atoms with E-state index < -0.39 is 0 Å². The minimum Gasteiger partial charge on any atom is -0.334 e. The molecule has 1 heterocycles. The van der Waals surface area contributed by atoms with Crippen molar-refractivity contribution in [3.8, 4) is 0 Å². The number of rotatable bonds is 4. The monoisotopic (exact) mass is 399 g/mol. The van der Waals surface area contributed by atoms with Crippen LogP contribution < -0.4 is 0 Å². The van der Waals surface area contributed by atoms with Gasteiger partial charge in [0, 0.05) is 42.7 Å². The van der Waals surface area contributed by atoms with Crippen LogP contribution in [0, 0.1) is 12.7 Å². The zero-order valence-electron chi connectivity index (χ0n) is 16.1. The first-order valence-electron chi connectivity index (χ1n) is 9.52. The lowest BCUT2D eigenvalue weighted by Crippen LogP contribution is -2.43. The molecule has 1 aliphatic rings. The number of carbonyl (C=O) groups is 1. The summed E-state index contributed by atoms with van der Waals surface area (Å²) in [7, 11) is 1.94. The molecule has 0 bridgehead atoms. The fraction of sp³-hybridized carbons (Fsp3) is 0.364. The summed E-state index contributed by atoms with van der Waals surface area (Å²) in [6, 6.07) is 11.0. The van der Waals surface area contributed by atoms with Crippen molar-refractivity contribution in [1.82, 2.24) is 14.7 Å². The van der Waals surface area contributed by atoms with Crippen LogP contribution in [-0.2, 0) is 31.2 Å². The SMILES string of the molecule is Cc1c2c(nn1C)CC(N(Cc1ccc3ccccc3c1F)C(=O)CCl)CC2. The van der Waals surface area contributed by atoms with Crippen LogP contribution in [-0.4, -0.2) is 32.5 Å². The van der Waals surface area contributed by atoms with Crippen molar-refractivity contribution in [3.63, 3.8) is 0 Å². The Hall–Kier alpha value is -2.40. The summed E-state index contributed by atoms with van der Waals surface area (Å²) in [4.78, 5) is 14.3. The number of aromatic nitrogens is 2. The lowest BCUT2D eigenvalue weighted by molar-refractivity contribution is -0.131. The summed E-state index contributed by atoms with van der Waals surface area (Å²) in [5, 5.41) is 6.03. The summed E-state index contributed by atoms with van der Waals surface area (Å²) in [6.07, 6.45) is 2.37. The van der Waals surface area contributed by atoms with Gasteiger partial charge in [-0.25, -0.2) is 4.39 Å². The number of halogens is 2. The smallest absolute Gasteiger partial charge is 0.238 e. The van der Waals surface area contributed by atoms with Crippen molar-refractivity contribution in [2.45, 2.75) is 38.8 Å². The summed E-state index contributed by atoms with van der Waals surface area (Å²) < 4.78 is 17.0. The molecule has 1 aliphatic carbocycles. The van der Waals surface area contributed by atoms with Crippen molar-refractivity contribution in [3.05, 3.63) is 64.7 Å². The van der Waals surface area contributed by atoms with E-state index in [-0.39, 0.29) is 30.2 Å². The third-order valence-electron chi connectivity index (χ3n) is 5.86. The molecule has 146 valence electrons. The van der Waals surface area contributed by atoms with Crippen LogP contribution >= 0.6 is 11.6 Å². The third kappa shape index (κ3) is 3.28. The minimum absolute atomic E-state index is 0.0288. The lowest BCUT2D eigenvalue weighted by atomic mass is 9.90. The number of carbonyl (C=O) groups excluding carboxylic acids is 1. The molecule has 4 rings (SSSR count). The second kappa shape index (κ2) is 7.55. The molecule has 0 saturated heterocycles. The van der Waals surface area contributed by atoms with Gasteiger partial charge in [0.25, 0.3) is 0 Å². The summed E-state index contributed by atoms with van der Waals surface area (Å²) in [5.74, 6) is -0.550. The molecule has 1 atom stereocenters. The van der Waals surface area contributed by atoms with Crippen LogP contribution in [0.4, 0.5) is 4.39 Å². The average molecular weight is 400 g/mol. The largest absolute Gasteiger partial charge is 0.334 e. The molecule has 1 unspecified atom stereocenters. The molecule has 3 aromatic rings. The molecule has 0 fully saturated rings. The second-order valence-corrected chi connectivity index (χ2v) is 7.71. The Labute approximate surface area is 168 Å². The number of hydrogen-bond acceptors (Lipinski definition) is 2. The summed E-state index contributed by atoms with van der Waals surface area (Å²) >= 11 is 5.89. The second-order valence-electron chi connectivity index (χ2n) is 7.45. The van der Waals surface area contributed by atoms with Crippen LogP contribution in [0.2, 0.25) is 0 Å². The maximum absolute atomic E-state index is 15.1. The first-order chi connectivity index (χ1) is 13.5. The first kappa shape index (κ1) is 18.9. The van der Waals surface area contributed by atoms with E-state index in [1.807, 2.05) is 36.0 Å². The van der Waals surface area contributed by atoms with Gasteiger partial charge in [0.05, 0.1) is 5.69 Å². The van der Waals surface area contributed by atoms with Gasteiger partial charge in [0.15, 0.2) is 0 Å². The van der Waals surface area contributed by atoms with E-state index in [0.29, 0.717) is 17.4 Å². The molecule has 6 heteroatoms. The Bertz CT molecular complexity index is 1050. The molecule has 0 radical (unpaired) electrons. The number of aryl methyl sites for hydroxylation is 1. The summed E-state index contributed by atoms with van der Waals surface area (Å²) in [5.41, 5.74) is 3.99. The molecule has 0 N–H and O–H groups in total. The van der Waals surface area contributed by atoms with Crippen LogP contribution in [0.5, 0.6) is 0 Å². The maximum atomic E-state index is 15.1. The Morgan fingerprint density at radius 2 is 2.11 bits per heavy atom. The van der Waals surface area contributed by atoms with Crippen LogP contribution in [0.25, 0.3) is 10.8 Å². The quantitative estimate of drug-likeness (QED) is 0.618. The number of amides is 1. The molecule has 2 aromatic carbocycles. The number of alkyl halides is 1. The zero-order valence-corrected chi connectivity index (χ0v) is 16.8. The highest BCUT2D eigenvalue weighted by Gasteiger charge is 2.30. The number of nitrogens with zero attached hydrogens (tertiary/aromatic N) is 3. The molecular weight excluding hydrogens is 377 g/mol. The maximum Gasteiger partial charge on any atom is 0.238 e. The molecule has 0 saturated carbocycles. The Morgan fingerprint density at radius 1 is 1.32 bits per heavy atom. The fourth-order valence-corrected chi connectivity index (χ4v) is 4.35. The van der Waals surface area contributed by atoms with Crippen molar-refractivity contribution in [1.29, 1.82) is 0 Å². The van der Waals surface area contributed by atoms with E-state index in [2.05, 4.69) is 12.0 Å². The van der Waals surface area contributed by atoms with Gasteiger partial charge >= 0.3 is 0 Å². The van der Waals surface area contributed by atoms with Gasteiger partial charge in [-0.3, -0.25) is 9.48 Å². The Kier molecular flexibility index (Phi) is 5.11. The van der Waals surface area contributed by atoms with Crippen molar-refractivity contribution >= 4 is 28.3 Å². The lowest BCUT2D eigenvalue weighted by Gasteiger charge is -2.34. The molecule has 4 nitrogen and oxygen atoms in total. The molecule has 0 aliphatic heterocycles. The highest BCUT2D eigenvalue weighted by Crippen LogP contribution is 2.29. The topological polar surface area (TPSA) is 38.1 Å². The zero-order chi connectivity index (χ0) is 19.8. The average Bonchev–Trinajstić information content (AvgIpc) is 3.00.